The minimum atomic E-state index is -0.269. The van der Waals surface area contributed by atoms with Gasteiger partial charge >= 0.3 is 0 Å². The number of aromatic nitrogens is 4. The number of nitrogens with zero attached hydrogens (tertiary/aromatic N) is 5. The highest BCUT2D eigenvalue weighted by Crippen LogP contribution is 2.10. The second kappa shape index (κ2) is 5.01. The molecule has 0 aliphatic carbocycles. The molecule has 1 amide bonds. The van der Waals surface area contributed by atoms with Crippen molar-refractivity contribution in [2.24, 2.45) is 0 Å². The van der Waals surface area contributed by atoms with E-state index in [1.807, 2.05) is 32.0 Å². The van der Waals surface area contributed by atoms with Crippen LogP contribution in [0.5, 0.6) is 0 Å². The Kier molecular flexibility index (Phi) is 3.17. The number of amides is 1. The van der Waals surface area contributed by atoms with E-state index in [1.54, 1.807) is 17.8 Å². The lowest BCUT2D eigenvalue weighted by atomic mass is 10.4. The molecule has 3 aromatic rings. The third kappa shape index (κ3) is 2.49. The Balaban J connectivity index is 1.84. The molecule has 0 radical (unpaired) electrons. The number of rotatable bonds is 3. The summed E-state index contributed by atoms with van der Waals surface area (Å²) >= 11 is 0. The van der Waals surface area contributed by atoms with Crippen molar-refractivity contribution < 1.29 is 9.21 Å². The fraction of sp³-hybridized carbons (Fsp3) is 0.286. The minimum Gasteiger partial charge on any atom is -0.464 e. The molecule has 3 heterocycles. The molecule has 0 aromatic carbocycles. The third-order valence-electron chi connectivity index (χ3n) is 3.16. The van der Waals surface area contributed by atoms with Crippen LogP contribution in [0.2, 0.25) is 0 Å². The highest BCUT2D eigenvalue weighted by molar-refractivity contribution is 5.90. The van der Waals surface area contributed by atoms with Gasteiger partial charge in [0.05, 0.1) is 6.54 Å². The molecule has 0 saturated heterocycles. The Morgan fingerprint density at radius 2 is 2.14 bits per heavy atom. The normalized spacial score (nSPS) is 11.0. The molecular formula is C14H15N5O2. The van der Waals surface area contributed by atoms with Gasteiger partial charge in [0.2, 0.25) is 5.82 Å². The number of carbonyl (C=O) groups is 1. The summed E-state index contributed by atoms with van der Waals surface area (Å²) < 4.78 is 7.02. The van der Waals surface area contributed by atoms with Crippen LogP contribution >= 0.6 is 0 Å². The fourth-order valence-electron chi connectivity index (χ4n) is 2.04. The van der Waals surface area contributed by atoms with E-state index in [0.717, 1.165) is 17.2 Å². The second-order valence-corrected chi connectivity index (χ2v) is 4.91. The van der Waals surface area contributed by atoms with Crippen molar-refractivity contribution in [2.45, 2.75) is 20.4 Å². The lowest BCUT2D eigenvalue weighted by Crippen LogP contribution is -2.27. The maximum absolute atomic E-state index is 12.4. The lowest BCUT2D eigenvalue weighted by molar-refractivity contribution is 0.0763. The Bertz CT molecular complexity index is 805. The molecule has 7 nitrogen and oxygen atoms in total. The molecular weight excluding hydrogens is 270 g/mol. The Labute approximate surface area is 121 Å². The van der Waals surface area contributed by atoms with Gasteiger partial charge in [0.25, 0.3) is 11.7 Å². The van der Waals surface area contributed by atoms with Gasteiger partial charge in [-0.2, -0.15) is 4.98 Å². The maximum Gasteiger partial charge on any atom is 0.293 e. The number of fused-ring (bicyclic) bond motifs is 1. The summed E-state index contributed by atoms with van der Waals surface area (Å²) in [7, 11) is 1.69. The minimum absolute atomic E-state index is 0.127. The molecule has 0 atom stereocenters. The van der Waals surface area contributed by atoms with Crippen LogP contribution in [0.3, 0.4) is 0 Å². The molecule has 0 unspecified atom stereocenters. The zero-order valence-electron chi connectivity index (χ0n) is 12.1. The van der Waals surface area contributed by atoms with Crippen LogP contribution in [0.25, 0.3) is 5.78 Å². The predicted octanol–water partition coefficient (Wildman–Crippen LogP) is 1.61. The van der Waals surface area contributed by atoms with Gasteiger partial charge in [-0.3, -0.25) is 4.79 Å². The molecule has 7 heteroatoms. The Hall–Kier alpha value is -2.70. The van der Waals surface area contributed by atoms with Crippen LogP contribution in [-0.2, 0) is 6.54 Å². The lowest BCUT2D eigenvalue weighted by Gasteiger charge is -2.13. The quantitative estimate of drug-likeness (QED) is 0.730. The van der Waals surface area contributed by atoms with Gasteiger partial charge in [-0.1, -0.05) is 0 Å². The highest BCUT2D eigenvalue weighted by atomic mass is 16.3. The predicted molar refractivity (Wildman–Crippen MR) is 74.8 cm³/mol. The van der Waals surface area contributed by atoms with E-state index in [4.69, 9.17) is 4.42 Å². The number of aryl methyl sites for hydroxylation is 2. The summed E-state index contributed by atoms with van der Waals surface area (Å²) in [4.78, 5) is 22.1. The summed E-state index contributed by atoms with van der Waals surface area (Å²) in [5.41, 5.74) is 0.871. The standard InChI is InChI=1S/C14H15N5O2/c1-9-6-7-15-14-16-12(17-19(9)14)13(20)18(3)8-11-5-4-10(2)21-11/h4-7H,8H2,1-3H3. The van der Waals surface area contributed by atoms with Crippen LogP contribution in [0.4, 0.5) is 0 Å². The molecule has 0 fully saturated rings. The van der Waals surface area contributed by atoms with E-state index in [9.17, 15) is 4.79 Å². The fourth-order valence-corrected chi connectivity index (χ4v) is 2.04. The van der Waals surface area contributed by atoms with E-state index in [2.05, 4.69) is 15.1 Å². The van der Waals surface area contributed by atoms with E-state index >= 15 is 0 Å². The maximum atomic E-state index is 12.4. The van der Waals surface area contributed by atoms with Gasteiger partial charge < -0.3 is 9.32 Å². The SMILES string of the molecule is Cc1ccc(CN(C)C(=O)c2nc3nccc(C)n3n2)o1. The Morgan fingerprint density at radius 3 is 2.81 bits per heavy atom. The summed E-state index contributed by atoms with van der Waals surface area (Å²) in [6, 6.07) is 5.53. The van der Waals surface area contributed by atoms with Crippen molar-refractivity contribution in [3.8, 4) is 0 Å². The van der Waals surface area contributed by atoms with Crippen molar-refractivity contribution >= 4 is 11.7 Å². The first kappa shape index (κ1) is 13.3. The van der Waals surface area contributed by atoms with E-state index in [0.29, 0.717) is 12.3 Å². The van der Waals surface area contributed by atoms with Gasteiger partial charge in [-0.15, -0.1) is 5.10 Å². The molecule has 0 spiro atoms. The average molecular weight is 285 g/mol. The van der Waals surface area contributed by atoms with Crippen LogP contribution in [0.1, 0.15) is 27.8 Å². The van der Waals surface area contributed by atoms with E-state index in [-0.39, 0.29) is 11.7 Å². The monoisotopic (exact) mass is 285 g/mol. The summed E-state index contributed by atoms with van der Waals surface area (Å²) in [5, 5.41) is 4.20. The first-order valence-electron chi connectivity index (χ1n) is 6.54. The first-order chi connectivity index (χ1) is 10.0. The van der Waals surface area contributed by atoms with Gasteiger partial charge in [0.1, 0.15) is 11.5 Å². The van der Waals surface area contributed by atoms with Gasteiger partial charge in [0, 0.05) is 18.9 Å². The molecule has 0 aliphatic heterocycles. The van der Waals surface area contributed by atoms with Crippen LogP contribution < -0.4 is 0 Å². The van der Waals surface area contributed by atoms with Crippen molar-refractivity contribution in [1.29, 1.82) is 0 Å². The molecule has 108 valence electrons. The number of hydrogen-bond donors (Lipinski definition) is 0. The van der Waals surface area contributed by atoms with E-state index < -0.39 is 0 Å². The van der Waals surface area contributed by atoms with Crippen molar-refractivity contribution in [3.05, 3.63) is 47.4 Å². The summed E-state index contributed by atoms with van der Waals surface area (Å²) in [6.45, 7) is 4.12. The van der Waals surface area contributed by atoms with Gasteiger partial charge in [0.15, 0.2) is 0 Å². The molecule has 0 bridgehead atoms. The van der Waals surface area contributed by atoms with Crippen molar-refractivity contribution in [2.75, 3.05) is 7.05 Å². The number of furan rings is 1. The van der Waals surface area contributed by atoms with Crippen molar-refractivity contribution in [3.63, 3.8) is 0 Å². The number of carbonyl (C=O) groups excluding carboxylic acids is 1. The Morgan fingerprint density at radius 1 is 1.33 bits per heavy atom. The largest absolute Gasteiger partial charge is 0.464 e. The second-order valence-electron chi connectivity index (χ2n) is 4.91. The van der Waals surface area contributed by atoms with Crippen LogP contribution in [0.15, 0.2) is 28.8 Å². The smallest absolute Gasteiger partial charge is 0.293 e. The average Bonchev–Trinajstić information content (AvgIpc) is 3.05. The zero-order chi connectivity index (χ0) is 15.0. The zero-order valence-corrected chi connectivity index (χ0v) is 12.1. The molecule has 0 saturated carbocycles. The first-order valence-corrected chi connectivity index (χ1v) is 6.54. The molecule has 3 rings (SSSR count). The molecule has 0 N–H and O–H groups in total. The van der Waals surface area contributed by atoms with Crippen LogP contribution in [-0.4, -0.2) is 37.4 Å². The van der Waals surface area contributed by atoms with Crippen LogP contribution in [0, 0.1) is 13.8 Å². The molecule has 3 aromatic heterocycles. The van der Waals surface area contributed by atoms with Crippen molar-refractivity contribution in [1.82, 2.24) is 24.5 Å². The van der Waals surface area contributed by atoms with Gasteiger partial charge in [-0.25, -0.2) is 9.50 Å². The third-order valence-corrected chi connectivity index (χ3v) is 3.16. The molecule has 0 aliphatic rings. The highest BCUT2D eigenvalue weighted by Gasteiger charge is 2.19. The van der Waals surface area contributed by atoms with Gasteiger partial charge in [-0.05, 0) is 32.0 Å². The molecule has 21 heavy (non-hydrogen) atoms. The van der Waals surface area contributed by atoms with E-state index in [1.165, 1.54) is 4.90 Å². The number of hydrogen-bond acceptors (Lipinski definition) is 5. The summed E-state index contributed by atoms with van der Waals surface area (Å²) in [6.07, 6.45) is 1.64. The summed E-state index contributed by atoms with van der Waals surface area (Å²) in [5.74, 6) is 1.81. The topological polar surface area (TPSA) is 76.5 Å².